The summed E-state index contributed by atoms with van der Waals surface area (Å²) in [7, 11) is 3.20. The van der Waals surface area contributed by atoms with Crippen LogP contribution in [-0.2, 0) is 4.79 Å². The molecule has 12 nitrogen and oxygen atoms in total. The molecule has 0 aliphatic carbocycles. The Labute approximate surface area is 270 Å². The van der Waals surface area contributed by atoms with Crippen LogP contribution < -0.4 is 20.1 Å². The van der Waals surface area contributed by atoms with Gasteiger partial charge in [0.15, 0.2) is 0 Å². The van der Waals surface area contributed by atoms with Gasteiger partial charge in [-0.05, 0) is 80.6 Å². The van der Waals surface area contributed by atoms with Crippen molar-refractivity contribution in [2.75, 3.05) is 24.9 Å². The summed E-state index contributed by atoms with van der Waals surface area (Å²) in [6, 6.07) is 19.5. The normalized spacial score (nSPS) is 10.4. The Kier molecular flexibility index (Phi) is 10.8. The van der Waals surface area contributed by atoms with E-state index in [1.54, 1.807) is 67.8 Å². The van der Waals surface area contributed by atoms with Gasteiger partial charge in [0.2, 0.25) is 5.91 Å². The van der Waals surface area contributed by atoms with Crippen molar-refractivity contribution in [3.05, 3.63) is 107 Å². The predicted molar refractivity (Wildman–Crippen MR) is 175 cm³/mol. The Morgan fingerprint density at radius 2 is 1.22 bits per heavy atom. The molecule has 3 aromatic carbocycles. The van der Waals surface area contributed by atoms with Crippen LogP contribution in [0.3, 0.4) is 0 Å². The van der Waals surface area contributed by atoms with Crippen LogP contribution in [0.4, 0.5) is 11.4 Å². The number of rotatable bonds is 9. The van der Waals surface area contributed by atoms with Crippen LogP contribution in [0.25, 0.3) is 11.4 Å². The summed E-state index contributed by atoms with van der Waals surface area (Å²) >= 11 is 6.12. The van der Waals surface area contributed by atoms with Crippen molar-refractivity contribution in [2.45, 2.75) is 27.2 Å². The lowest BCUT2D eigenvalue weighted by Crippen LogP contribution is -2.14. The van der Waals surface area contributed by atoms with Gasteiger partial charge >= 0.3 is 5.97 Å². The van der Waals surface area contributed by atoms with Crippen LogP contribution >= 0.6 is 11.6 Å². The van der Waals surface area contributed by atoms with E-state index in [4.69, 9.17) is 26.2 Å². The monoisotopic (exact) mass is 644 g/mol. The number of nitrogens with one attached hydrogen (secondary N) is 2. The average molecular weight is 645 g/mol. The molecule has 2 heterocycles. The molecule has 0 radical (unpaired) electrons. The number of anilines is 2. The van der Waals surface area contributed by atoms with Crippen LogP contribution in [0.1, 0.15) is 45.4 Å². The van der Waals surface area contributed by atoms with Gasteiger partial charge in [-0.15, -0.1) is 0 Å². The number of aromatic carboxylic acids is 1. The summed E-state index contributed by atoms with van der Waals surface area (Å²) in [6.45, 7) is 5.30. The highest BCUT2D eigenvalue weighted by atomic mass is 35.5. The van der Waals surface area contributed by atoms with Crippen LogP contribution in [0.15, 0.2) is 79.1 Å². The topological polar surface area (TPSA) is 150 Å². The molecule has 0 aliphatic heterocycles. The number of carboxylic acid groups (broad SMARTS) is 1. The van der Waals surface area contributed by atoms with E-state index in [1.165, 1.54) is 12.4 Å². The molecule has 238 valence electrons. The smallest absolute Gasteiger partial charge is 0.339 e. The van der Waals surface area contributed by atoms with E-state index in [-0.39, 0.29) is 17.4 Å². The molecule has 0 spiro atoms. The minimum atomic E-state index is -0.970. The minimum Gasteiger partial charge on any atom is -0.497 e. The van der Waals surface area contributed by atoms with Crippen molar-refractivity contribution < 1.29 is 29.0 Å². The fraction of sp³-hybridized carbons (Fsp3) is 0.182. The largest absolute Gasteiger partial charge is 0.497 e. The van der Waals surface area contributed by atoms with Crippen molar-refractivity contribution in [2.24, 2.45) is 0 Å². The third-order valence-electron chi connectivity index (χ3n) is 6.89. The molecule has 2 aromatic heterocycles. The van der Waals surface area contributed by atoms with E-state index >= 15 is 0 Å². The first-order valence-electron chi connectivity index (χ1n) is 14.1. The quantitative estimate of drug-likeness (QED) is 0.168. The number of hydrogen-bond donors (Lipinski definition) is 3. The highest BCUT2D eigenvalue weighted by Gasteiger charge is 2.17. The molecule has 0 saturated heterocycles. The number of amides is 2. The van der Waals surface area contributed by atoms with Gasteiger partial charge in [-0.1, -0.05) is 18.5 Å². The van der Waals surface area contributed by atoms with Gasteiger partial charge < -0.3 is 25.2 Å². The second kappa shape index (κ2) is 14.9. The van der Waals surface area contributed by atoms with Gasteiger partial charge in [-0.2, -0.15) is 10.2 Å². The molecule has 0 unspecified atom stereocenters. The Bertz CT molecular complexity index is 1850. The lowest BCUT2D eigenvalue weighted by Gasteiger charge is -2.10. The first-order valence-corrected chi connectivity index (χ1v) is 14.5. The summed E-state index contributed by atoms with van der Waals surface area (Å²) in [6.07, 6.45) is 3.21. The number of halogens is 1. The van der Waals surface area contributed by atoms with E-state index in [9.17, 15) is 14.4 Å². The summed E-state index contributed by atoms with van der Waals surface area (Å²) in [5.41, 5.74) is 4.54. The van der Waals surface area contributed by atoms with Crippen LogP contribution in [0.2, 0.25) is 5.02 Å². The Hall–Kier alpha value is -5.62. The highest BCUT2D eigenvalue weighted by molar-refractivity contribution is 6.31. The Morgan fingerprint density at radius 3 is 1.65 bits per heavy atom. The maximum Gasteiger partial charge on any atom is 0.339 e. The lowest BCUT2D eigenvalue weighted by atomic mass is 10.2. The first kappa shape index (κ1) is 33.3. The van der Waals surface area contributed by atoms with Crippen LogP contribution in [-0.4, -0.2) is 56.7 Å². The van der Waals surface area contributed by atoms with Gasteiger partial charge in [-0.25, -0.2) is 14.2 Å². The zero-order valence-electron chi connectivity index (χ0n) is 25.9. The lowest BCUT2D eigenvalue weighted by molar-refractivity contribution is -0.115. The van der Waals surface area contributed by atoms with Crippen molar-refractivity contribution in [1.29, 1.82) is 0 Å². The van der Waals surface area contributed by atoms with E-state index in [2.05, 4.69) is 20.8 Å². The van der Waals surface area contributed by atoms with E-state index in [0.717, 1.165) is 22.9 Å². The number of carbonyl (C=O) groups is 3. The maximum atomic E-state index is 12.8. The Morgan fingerprint density at radius 1 is 0.761 bits per heavy atom. The van der Waals surface area contributed by atoms with E-state index in [1.807, 2.05) is 43.3 Å². The molecule has 5 rings (SSSR count). The zero-order chi connectivity index (χ0) is 33.4. The fourth-order valence-electron chi connectivity index (χ4n) is 4.40. The second-order valence-electron chi connectivity index (χ2n) is 9.90. The van der Waals surface area contributed by atoms with Crippen molar-refractivity contribution in [3.63, 3.8) is 0 Å². The average Bonchev–Trinajstić information content (AvgIpc) is 3.63. The SMILES string of the molecule is CCC(=O)Nc1cc(Cl)cc(NC(=O)c2cnn(-c3ccc(OC)cc3)c2C)c1.COc1ccc(-n2ncc(C(=O)O)c2C)cc1. The summed E-state index contributed by atoms with van der Waals surface area (Å²) in [5.74, 6) is 0.0566. The number of aromatic nitrogens is 4. The zero-order valence-corrected chi connectivity index (χ0v) is 26.6. The number of carboxylic acids is 1. The number of ether oxygens (including phenoxy) is 2. The van der Waals surface area contributed by atoms with Crippen molar-refractivity contribution >= 4 is 40.8 Å². The van der Waals surface area contributed by atoms with Gasteiger partial charge in [0.1, 0.15) is 17.1 Å². The van der Waals surface area contributed by atoms with Crippen molar-refractivity contribution in [1.82, 2.24) is 19.6 Å². The number of hydrogen-bond acceptors (Lipinski definition) is 7. The second-order valence-corrected chi connectivity index (χ2v) is 10.3. The summed E-state index contributed by atoms with van der Waals surface area (Å²) in [4.78, 5) is 35.3. The van der Waals surface area contributed by atoms with Gasteiger partial charge in [0.25, 0.3) is 5.91 Å². The van der Waals surface area contributed by atoms with Crippen molar-refractivity contribution in [3.8, 4) is 22.9 Å². The van der Waals surface area contributed by atoms with Gasteiger partial charge in [0, 0.05) is 22.8 Å². The molecule has 0 atom stereocenters. The summed E-state index contributed by atoms with van der Waals surface area (Å²) < 4.78 is 13.5. The highest BCUT2D eigenvalue weighted by Crippen LogP contribution is 2.25. The summed E-state index contributed by atoms with van der Waals surface area (Å²) in [5, 5.41) is 23.3. The van der Waals surface area contributed by atoms with Gasteiger partial charge in [-0.3, -0.25) is 9.59 Å². The maximum absolute atomic E-state index is 12.8. The molecule has 13 heteroatoms. The number of carbonyl (C=O) groups excluding carboxylic acids is 2. The van der Waals surface area contributed by atoms with Gasteiger partial charge in [0.05, 0.1) is 54.9 Å². The standard InChI is InChI=1S/C21H21ClN4O3.C12H12N2O3/c1-4-20(27)24-15-9-14(22)10-16(11-15)25-21(28)19-12-23-26(13(19)2)17-5-7-18(29-3)8-6-17;1-8-11(12(15)16)7-13-14(8)9-3-5-10(17-2)6-4-9/h5-12H,4H2,1-3H3,(H,24,27)(H,25,28);3-7H,1-2H3,(H,15,16). The molecule has 0 aliphatic rings. The molecular weight excluding hydrogens is 612 g/mol. The number of benzene rings is 3. The first-order chi connectivity index (χ1) is 22.0. The van der Waals surface area contributed by atoms with Crippen LogP contribution in [0, 0.1) is 13.8 Å². The number of nitrogens with zero attached hydrogens (tertiary/aromatic N) is 4. The third-order valence-corrected chi connectivity index (χ3v) is 7.11. The molecule has 3 N–H and O–H groups in total. The van der Waals surface area contributed by atoms with E-state index in [0.29, 0.717) is 39.8 Å². The fourth-order valence-corrected chi connectivity index (χ4v) is 4.64. The predicted octanol–water partition coefficient (Wildman–Crippen LogP) is 6.33. The molecule has 46 heavy (non-hydrogen) atoms. The number of methoxy groups -OCH3 is 2. The molecule has 0 saturated carbocycles. The molecule has 2 amide bonds. The Balaban J connectivity index is 0.000000240. The third kappa shape index (κ3) is 7.90. The molecule has 0 fully saturated rings. The molecule has 5 aromatic rings. The molecular formula is C33H33ClN6O6. The van der Waals surface area contributed by atoms with Crippen LogP contribution in [0.5, 0.6) is 11.5 Å². The molecule has 0 bridgehead atoms. The minimum absolute atomic E-state index is 0.138. The van der Waals surface area contributed by atoms with E-state index < -0.39 is 5.97 Å².